The number of ether oxygens (including phenoxy) is 6. The number of rotatable bonds is 33. The average Bonchev–Trinajstić information content (AvgIpc) is 3.34. The quantitative estimate of drug-likeness (QED) is 0.0388. The smallest absolute Gasteiger partial charge is 0.338 e. The van der Waals surface area contributed by atoms with Crippen LogP contribution in [0.3, 0.4) is 0 Å². The van der Waals surface area contributed by atoms with Crippen molar-refractivity contribution in [1.82, 2.24) is 5.32 Å². The molecule has 13 nitrogen and oxygen atoms in total. The van der Waals surface area contributed by atoms with E-state index < -0.39 is 72.6 Å². The number of nitrogens with one attached hydrogen (secondary N) is 1. The third-order valence-corrected chi connectivity index (χ3v) is 13.7. The van der Waals surface area contributed by atoms with E-state index in [1.165, 1.54) is 122 Å². The number of benzene rings is 1. The van der Waals surface area contributed by atoms with Crippen molar-refractivity contribution in [3.8, 4) is 0 Å². The molecule has 2 fully saturated rings. The lowest BCUT2D eigenvalue weighted by atomic mass is 9.90. The maximum Gasteiger partial charge on any atom is 0.338 e. The molecule has 2 bridgehead atoms. The number of hydrogen-bond acceptors (Lipinski definition) is 12. The Kier molecular flexibility index (Phi) is 32.3. The first-order valence-electron chi connectivity index (χ1n) is 27.6. The largest absolute Gasteiger partial charge is 0.463 e. The van der Waals surface area contributed by atoms with Crippen LogP contribution in [0, 0.1) is 5.92 Å². The Labute approximate surface area is 415 Å². The lowest BCUT2D eigenvalue weighted by molar-refractivity contribution is -0.290. The minimum absolute atomic E-state index is 0.229. The van der Waals surface area contributed by atoms with Gasteiger partial charge in [0.2, 0.25) is 5.91 Å². The van der Waals surface area contributed by atoms with Gasteiger partial charge < -0.3 is 38.8 Å². The van der Waals surface area contributed by atoms with Crippen molar-refractivity contribution in [3.05, 3.63) is 35.9 Å². The predicted molar refractivity (Wildman–Crippen MR) is 268 cm³/mol. The van der Waals surface area contributed by atoms with Gasteiger partial charge in [0.1, 0.15) is 18.8 Å². The first-order valence-corrected chi connectivity index (χ1v) is 27.6. The molecular formula is C56H93NO12. The van der Waals surface area contributed by atoms with Crippen LogP contribution in [0.1, 0.15) is 237 Å². The summed E-state index contributed by atoms with van der Waals surface area (Å²) in [4.78, 5) is 66.5. The molecule has 394 valence electrons. The molecule has 13 heteroatoms. The fourth-order valence-electron chi connectivity index (χ4n) is 9.43. The van der Waals surface area contributed by atoms with E-state index in [1.807, 2.05) is 0 Å². The number of esters is 4. The topological polar surface area (TPSA) is 173 Å². The number of aliphatic hydroxyl groups excluding tert-OH is 1. The van der Waals surface area contributed by atoms with E-state index in [2.05, 4.69) is 19.2 Å². The predicted octanol–water partition coefficient (Wildman–Crippen LogP) is 12.0. The van der Waals surface area contributed by atoms with Gasteiger partial charge in [0.25, 0.3) is 0 Å². The number of aliphatic hydroxyl groups is 1. The van der Waals surface area contributed by atoms with Gasteiger partial charge in [-0.1, -0.05) is 199 Å². The molecule has 69 heavy (non-hydrogen) atoms. The maximum atomic E-state index is 13.9. The van der Waals surface area contributed by atoms with E-state index in [0.29, 0.717) is 19.3 Å². The standard InChI is InChI=1S/C56H93NO12/c1-5-7-9-11-13-15-17-19-20-21-23-25-27-29-34-38-49(59)57-46-41-65-56-53(69-55(63)45-35-31-30-32-36-45)43(3)52(62)48(68-56)42-64-50(60)39-40-51(61)67-47(54(46)66-44(4)58)37-33-28-26-24-22-18-16-14-12-10-8-6-2/h30-32,35-36,43,46-48,52-54,56,62H,5-29,33-34,37-42H2,1-4H3,(H,57,59)/t43-,46-,47+,48?,52+,53?,54-,56?/m0/s1. The Balaban J connectivity index is 1.74. The van der Waals surface area contributed by atoms with E-state index in [4.69, 9.17) is 28.4 Å². The van der Waals surface area contributed by atoms with Gasteiger partial charge in [0, 0.05) is 19.3 Å². The van der Waals surface area contributed by atoms with Crippen LogP contribution >= 0.6 is 0 Å². The summed E-state index contributed by atoms with van der Waals surface area (Å²) in [5.41, 5.74) is 0.286. The van der Waals surface area contributed by atoms with Crippen LogP contribution in [-0.4, -0.2) is 91.0 Å². The van der Waals surface area contributed by atoms with Crippen LogP contribution in [0.2, 0.25) is 0 Å². The number of amides is 1. The fraction of sp³-hybridized carbons (Fsp3) is 0.804. The van der Waals surface area contributed by atoms with E-state index in [0.717, 1.165) is 44.9 Å². The Morgan fingerprint density at radius 2 is 1.13 bits per heavy atom. The molecule has 0 aliphatic carbocycles. The Morgan fingerprint density at radius 3 is 1.65 bits per heavy atom. The van der Waals surface area contributed by atoms with Gasteiger partial charge in [-0.05, 0) is 31.4 Å². The summed E-state index contributed by atoms with van der Waals surface area (Å²) in [6.45, 7) is 6.78. The zero-order valence-corrected chi connectivity index (χ0v) is 43.3. The highest BCUT2D eigenvalue weighted by atomic mass is 16.7. The second kappa shape index (κ2) is 37.3. The Hall–Kier alpha value is -3.55. The molecule has 1 amide bonds. The van der Waals surface area contributed by atoms with Gasteiger partial charge in [-0.25, -0.2) is 4.79 Å². The summed E-state index contributed by atoms with van der Waals surface area (Å²) in [5.74, 6) is -3.70. The number of carbonyl (C=O) groups excluding carboxylic acids is 5. The van der Waals surface area contributed by atoms with Crippen molar-refractivity contribution in [2.24, 2.45) is 5.92 Å². The van der Waals surface area contributed by atoms with Crippen molar-refractivity contribution >= 4 is 29.8 Å². The molecule has 8 atom stereocenters. The highest BCUT2D eigenvalue weighted by molar-refractivity contribution is 5.89. The van der Waals surface area contributed by atoms with Crippen molar-refractivity contribution in [3.63, 3.8) is 0 Å². The van der Waals surface area contributed by atoms with Gasteiger partial charge in [-0.2, -0.15) is 0 Å². The molecule has 0 spiro atoms. The molecule has 2 aliphatic heterocycles. The minimum Gasteiger partial charge on any atom is -0.463 e. The zero-order valence-electron chi connectivity index (χ0n) is 43.3. The zero-order chi connectivity index (χ0) is 49.9. The molecular weight excluding hydrogens is 879 g/mol. The van der Waals surface area contributed by atoms with Crippen LogP contribution in [-0.2, 0) is 47.6 Å². The molecule has 2 aliphatic rings. The summed E-state index contributed by atoms with van der Waals surface area (Å²) < 4.78 is 36.1. The normalized spacial score (nSPS) is 23.5. The van der Waals surface area contributed by atoms with Gasteiger partial charge in [0.05, 0.1) is 37.2 Å². The number of cyclic esters (lactones) is 2. The summed E-state index contributed by atoms with van der Waals surface area (Å²) in [7, 11) is 0. The van der Waals surface area contributed by atoms with Crippen LogP contribution < -0.4 is 5.32 Å². The van der Waals surface area contributed by atoms with Crippen molar-refractivity contribution in [1.29, 1.82) is 0 Å². The van der Waals surface area contributed by atoms with Crippen molar-refractivity contribution in [2.45, 2.75) is 270 Å². The first kappa shape index (κ1) is 59.8. The summed E-state index contributed by atoms with van der Waals surface area (Å²) >= 11 is 0. The summed E-state index contributed by atoms with van der Waals surface area (Å²) in [6.07, 6.45) is 24.8. The third kappa shape index (κ3) is 25.9. The van der Waals surface area contributed by atoms with Crippen molar-refractivity contribution < 1.29 is 57.5 Å². The SMILES string of the molecule is CCCCCCCCCCCCCCCCCC(=O)N[C@H]1COC2OC(COC(=O)CCC(=O)O[C@H](CCCCCCCCCCCCCC)[C@H]1OC(C)=O)[C@H](O)[C@H](C)C2OC(=O)c1ccccc1. The highest BCUT2D eigenvalue weighted by Crippen LogP contribution is 2.31. The van der Waals surface area contributed by atoms with Gasteiger partial charge in [-0.15, -0.1) is 0 Å². The number of carbonyl (C=O) groups is 5. The minimum atomic E-state index is -1.30. The Morgan fingerprint density at radius 1 is 0.638 bits per heavy atom. The molecule has 2 N–H and O–H groups in total. The highest BCUT2D eigenvalue weighted by Gasteiger charge is 2.47. The van der Waals surface area contributed by atoms with E-state index >= 15 is 0 Å². The molecule has 2 heterocycles. The average molecular weight is 972 g/mol. The molecule has 0 radical (unpaired) electrons. The molecule has 0 aromatic heterocycles. The molecule has 0 saturated carbocycles. The third-order valence-electron chi connectivity index (χ3n) is 13.7. The van der Waals surface area contributed by atoms with E-state index in [1.54, 1.807) is 37.3 Å². The van der Waals surface area contributed by atoms with Gasteiger partial charge in [0.15, 0.2) is 18.5 Å². The van der Waals surface area contributed by atoms with E-state index in [9.17, 15) is 29.1 Å². The van der Waals surface area contributed by atoms with Crippen LogP contribution in [0.4, 0.5) is 0 Å². The Bertz CT molecular complexity index is 1540. The first-order chi connectivity index (χ1) is 33.5. The molecule has 3 unspecified atom stereocenters. The lowest BCUT2D eigenvalue weighted by Gasteiger charge is -2.43. The fourth-order valence-corrected chi connectivity index (χ4v) is 9.43. The summed E-state index contributed by atoms with van der Waals surface area (Å²) in [6, 6.07) is 7.39. The molecule has 1 aromatic rings. The second-order valence-electron chi connectivity index (χ2n) is 19.8. The number of unbranched alkanes of at least 4 members (excludes halogenated alkanes) is 25. The number of fused-ring (bicyclic) bond motifs is 2. The summed E-state index contributed by atoms with van der Waals surface area (Å²) in [5, 5.41) is 14.4. The van der Waals surface area contributed by atoms with Gasteiger partial charge >= 0.3 is 23.9 Å². The van der Waals surface area contributed by atoms with Crippen molar-refractivity contribution in [2.75, 3.05) is 13.2 Å². The monoisotopic (exact) mass is 972 g/mol. The molecule has 1 aromatic carbocycles. The maximum absolute atomic E-state index is 13.9. The lowest BCUT2D eigenvalue weighted by Crippen LogP contribution is -2.59. The van der Waals surface area contributed by atoms with Gasteiger partial charge in [-0.3, -0.25) is 19.2 Å². The van der Waals surface area contributed by atoms with Crippen LogP contribution in [0.5, 0.6) is 0 Å². The molecule has 2 saturated heterocycles. The number of hydrogen-bond donors (Lipinski definition) is 2. The molecule has 3 rings (SSSR count). The second-order valence-corrected chi connectivity index (χ2v) is 19.8. The van der Waals surface area contributed by atoms with Crippen LogP contribution in [0.15, 0.2) is 30.3 Å². The van der Waals surface area contributed by atoms with Crippen LogP contribution in [0.25, 0.3) is 0 Å². The van der Waals surface area contributed by atoms with E-state index in [-0.39, 0.29) is 43.9 Å².